The molecule has 0 bridgehead atoms. The standard InChI is InChI=1S/C20H22OS4Si2/c1-13-17(5-9-22-13)26(18-6-10-23-14(18)2)21-27(19-7-11-24-15(19)3)20-8-12-25-16(20)4/h5-12,26-27H,1-4H3. The predicted octanol–water partition coefficient (Wildman–Crippen LogP) is 3.56. The predicted molar refractivity (Wildman–Crippen MR) is 130 cm³/mol. The lowest BCUT2D eigenvalue weighted by atomic mass is 10.5. The van der Waals surface area contributed by atoms with Gasteiger partial charge < -0.3 is 4.12 Å². The molecule has 1 nitrogen and oxygen atoms in total. The Kier molecular flexibility index (Phi) is 5.98. The second-order valence-corrected chi connectivity index (χ2v) is 16.2. The highest BCUT2D eigenvalue weighted by atomic mass is 32.1. The van der Waals surface area contributed by atoms with Crippen LogP contribution in [0.3, 0.4) is 0 Å². The van der Waals surface area contributed by atoms with Crippen LogP contribution in [-0.2, 0) is 4.12 Å². The van der Waals surface area contributed by atoms with Gasteiger partial charge in [-0.15, -0.1) is 45.3 Å². The van der Waals surface area contributed by atoms with E-state index in [2.05, 4.69) is 73.5 Å². The van der Waals surface area contributed by atoms with Crippen molar-refractivity contribution in [3.8, 4) is 0 Å². The first-order chi connectivity index (χ1) is 13.1. The van der Waals surface area contributed by atoms with E-state index >= 15 is 0 Å². The molecular weight excluding hydrogens is 441 g/mol. The summed E-state index contributed by atoms with van der Waals surface area (Å²) in [6, 6.07) is 9.22. The molecule has 140 valence electrons. The third kappa shape index (κ3) is 3.87. The Labute approximate surface area is 180 Å². The smallest absolute Gasteiger partial charge is 0.230 e. The molecule has 0 amide bonds. The Balaban J connectivity index is 1.82. The molecule has 0 fully saturated rings. The fourth-order valence-corrected chi connectivity index (χ4v) is 15.2. The van der Waals surface area contributed by atoms with Gasteiger partial charge in [-0.1, -0.05) is 0 Å². The Hall–Kier alpha value is -0.806. The molecule has 4 aromatic rings. The molecule has 0 saturated heterocycles. The van der Waals surface area contributed by atoms with Gasteiger partial charge >= 0.3 is 0 Å². The number of rotatable bonds is 6. The summed E-state index contributed by atoms with van der Waals surface area (Å²) >= 11 is 7.37. The molecule has 0 saturated carbocycles. The lowest BCUT2D eigenvalue weighted by Gasteiger charge is -2.25. The van der Waals surface area contributed by atoms with Gasteiger partial charge in [0, 0.05) is 19.5 Å². The van der Waals surface area contributed by atoms with Crippen molar-refractivity contribution < 1.29 is 4.12 Å². The molecule has 0 aliphatic carbocycles. The van der Waals surface area contributed by atoms with Crippen molar-refractivity contribution in [2.45, 2.75) is 27.7 Å². The second-order valence-electron chi connectivity index (χ2n) is 6.62. The monoisotopic (exact) mass is 462 g/mol. The molecule has 27 heavy (non-hydrogen) atoms. The molecule has 4 rings (SSSR count). The van der Waals surface area contributed by atoms with Crippen LogP contribution in [0.15, 0.2) is 45.8 Å². The van der Waals surface area contributed by atoms with E-state index in [1.807, 2.05) is 45.3 Å². The minimum Gasteiger partial charge on any atom is -0.446 e. The van der Waals surface area contributed by atoms with Crippen molar-refractivity contribution in [1.29, 1.82) is 0 Å². The Morgan fingerprint density at radius 1 is 0.519 bits per heavy atom. The van der Waals surface area contributed by atoms with Crippen molar-refractivity contribution in [2.75, 3.05) is 0 Å². The summed E-state index contributed by atoms with van der Waals surface area (Å²) in [7, 11) is -3.46. The summed E-state index contributed by atoms with van der Waals surface area (Å²) in [5.74, 6) is 0. The van der Waals surface area contributed by atoms with Gasteiger partial charge in [-0.2, -0.15) is 0 Å². The van der Waals surface area contributed by atoms with E-state index in [0.717, 1.165) is 0 Å². The van der Waals surface area contributed by atoms with Crippen molar-refractivity contribution in [1.82, 2.24) is 0 Å². The maximum absolute atomic E-state index is 7.26. The first kappa shape index (κ1) is 19.5. The van der Waals surface area contributed by atoms with Crippen LogP contribution in [0.25, 0.3) is 0 Å². The Morgan fingerprint density at radius 3 is 0.963 bits per heavy atom. The van der Waals surface area contributed by atoms with Crippen molar-refractivity contribution in [3.63, 3.8) is 0 Å². The highest BCUT2D eigenvalue weighted by Gasteiger charge is 2.31. The molecule has 4 aromatic heterocycles. The highest BCUT2D eigenvalue weighted by Crippen LogP contribution is 2.15. The molecule has 0 aliphatic rings. The van der Waals surface area contributed by atoms with E-state index in [4.69, 9.17) is 4.12 Å². The topological polar surface area (TPSA) is 9.23 Å². The maximum Gasteiger partial charge on any atom is 0.230 e. The minimum absolute atomic E-state index is 1.41. The largest absolute Gasteiger partial charge is 0.446 e. The number of hydrogen-bond donors (Lipinski definition) is 0. The van der Waals surface area contributed by atoms with Crippen molar-refractivity contribution in [2.24, 2.45) is 0 Å². The molecular formula is C20H22OS4Si2. The van der Waals surface area contributed by atoms with E-state index in [1.54, 1.807) is 0 Å². The lowest BCUT2D eigenvalue weighted by molar-refractivity contribution is 0.633. The van der Waals surface area contributed by atoms with Gasteiger partial charge in [0.1, 0.15) is 0 Å². The maximum atomic E-state index is 7.26. The van der Waals surface area contributed by atoms with Gasteiger partial charge in [-0.25, -0.2) is 0 Å². The van der Waals surface area contributed by atoms with Crippen LogP contribution in [0.2, 0.25) is 0 Å². The molecule has 0 N–H and O–H groups in total. The summed E-state index contributed by atoms with van der Waals surface area (Å²) in [5.41, 5.74) is 0. The highest BCUT2D eigenvalue weighted by molar-refractivity contribution is 7.15. The Bertz CT molecular complexity index is 879. The van der Waals surface area contributed by atoms with E-state index in [1.165, 1.54) is 40.3 Å². The zero-order valence-corrected chi connectivity index (χ0v) is 21.4. The van der Waals surface area contributed by atoms with Crippen molar-refractivity contribution >= 4 is 84.2 Å². The zero-order valence-electron chi connectivity index (χ0n) is 15.8. The number of hydrogen-bond acceptors (Lipinski definition) is 5. The summed E-state index contributed by atoms with van der Waals surface area (Å²) in [6.45, 7) is 8.97. The van der Waals surface area contributed by atoms with Gasteiger partial charge in [0.05, 0.1) is 0 Å². The normalized spacial score (nSPS) is 11.8. The molecule has 7 heteroatoms. The minimum atomic E-state index is -1.73. The first-order valence-electron chi connectivity index (χ1n) is 8.87. The fraction of sp³-hybridized carbons (Fsp3) is 0.200. The SMILES string of the molecule is Cc1sccc1[SiH](O[SiH](c1ccsc1C)c1ccsc1C)c1ccsc1C. The van der Waals surface area contributed by atoms with E-state index in [0.29, 0.717) is 0 Å². The quantitative estimate of drug-likeness (QED) is 0.398. The average Bonchev–Trinajstić information content (AvgIpc) is 3.41. The zero-order chi connectivity index (χ0) is 19.0. The first-order valence-corrected chi connectivity index (χ1v) is 15.6. The summed E-state index contributed by atoms with van der Waals surface area (Å²) in [5, 5.41) is 14.7. The molecule has 0 aliphatic heterocycles. The van der Waals surface area contributed by atoms with Gasteiger partial charge in [-0.3, -0.25) is 0 Å². The van der Waals surface area contributed by atoms with Gasteiger partial charge in [0.15, 0.2) is 0 Å². The number of thiophene rings is 4. The molecule has 0 spiro atoms. The van der Waals surface area contributed by atoms with Crippen LogP contribution in [0.4, 0.5) is 0 Å². The third-order valence-corrected chi connectivity index (χ3v) is 16.2. The number of aryl methyl sites for hydroxylation is 4. The molecule has 0 radical (unpaired) electrons. The van der Waals surface area contributed by atoms with E-state index in [9.17, 15) is 0 Å². The van der Waals surface area contributed by atoms with Gasteiger partial charge in [-0.05, 0) is 94.2 Å². The second kappa shape index (κ2) is 8.28. The lowest BCUT2D eigenvalue weighted by Crippen LogP contribution is -2.56. The van der Waals surface area contributed by atoms with Crippen LogP contribution in [0.1, 0.15) is 19.5 Å². The van der Waals surface area contributed by atoms with Crippen LogP contribution in [0, 0.1) is 27.7 Å². The summed E-state index contributed by atoms with van der Waals surface area (Å²) in [4.78, 5) is 5.64. The van der Waals surface area contributed by atoms with Crippen LogP contribution < -0.4 is 20.7 Å². The van der Waals surface area contributed by atoms with Crippen molar-refractivity contribution in [3.05, 3.63) is 65.3 Å². The third-order valence-electron chi connectivity index (χ3n) is 5.00. The van der Waals surface area contributed by atoms with Gasteiger partial charge in [0.2, 0.25) is 18.1 Å². The van der Waals surface area contributed by atoms with Crippen LogP contribution in [0.5, 0.6) is 0 Å². The summed E-state index contributed by atoms with van der Waals surface area (Å²) < 4.78 is 7.26. The molecule has 4 heterocycles. The van der Waals surface area contributed by atoms with E-state index < -0.39 is 18.1 Å². The molecule has 0 atom stereocenters. The van der Waals surface area contributed by atoms with E-state index in [-0.39, 0.29) is 0 Å². The van der Waals surface area contributed by atoms with Gasteiger partial charge in [0.25, 0.3) is 0 Å². The Morgan fingerprint density at radius 2 is 0.778 bits per heavy atom. The van der Waals surface area contributed by atoms with Crippen LogP contribution in [-0.4, -0.2) is 18.1 Å². The fourth-order valence-electron chi connectivity index (χ4n) is 3.43. The molecule has 0 aromatic carbocycles. The molecule has 0 unspecified atom stereocenters. The summed E-state index contributed by atoms with van der Waals surface area (Å²) in [6.07, 6.45) is 0. The van der Waals surface area contributed by atoms with Crippen LogP contribution >= 0.6 is 45.3 Å². The average molecular weight is 463 g/mol.